The minimum absolute atomic E-state index is 0.169. The number of ether oxygens (including phenoxy) is 2. The van der Waals surface area contributed by atoms with Gasteiger partial charge in [-0.1, -0.05) is 6.07 Å². The Morgan fingerprint density at radius 2 is 2.10 bits per heavy atom. The Balaban J connectivity index is 1.70. The molecule has 2 heterocycles. The van der Waals surface area contributed by atoms with Crippen molar-refractivity contribution in [3.63, 3.8) is 0 Å². The van der Waals surface area contributed by atoms with Crippen LogP contribution in [0, 0.1) is 0 Å². The van der Waals surface area contributed by atoms with E-state index < -0.39 is 0 Å². The highest BCUT2D eigenvalue weighted by Gasteiger charge is 2.29. The molecule has 20 heavy (non-hydrogen) atoms. The summed E-state index contributed by atoms with van der Waals surface area (Å²) in [7, 11) is 1.69. The molecule has 1 atom stereocenters. The van der Waals surface area contributed by atoms with E-state index in [4.69, 9.17) is 9.47 Å². The maximum absolute atomic E-state index is 12.4. The Bertz CT molecular complexity index is 494. The van der Waals surface area contributed by atoms with E-state index in [-0.39, 0.29) is 12.0 Å². The Kier molecular flexibility index (Phi) is 3.92. The molecule has 108 valence electrons. The predicted molar refractivity (Wildman–Crippen MR) is 76.0 cm³/mol. The van der Waals surface area contributed by atoms with Gasteiger partial charge in [0.15, 0.2) is 0 Å². The van der Waals surface area contributed by atoms with Gasteiger partial charge in [0.2, 0.25) is 0 Å². The number of rotatable bonds is 2. The Morgan fingerprint density at radius 3 is 2.80 bits per heavy atom. The van der Waals surface area contributed by atoms with Gasteiger partial charge in [0.1, 0.15) is 11.9 Å². The van der Waals surface area contributed by atoms with Crippen molar-refractivity contribution in [2.45, 2.75) is 31.8 Å². The maximum Gasteiger partial charge on any atom is 0.251 e. The first-order valence-electron chi connectivity index (χ1n) is 7.34. The van der Waals surface area contributed by atoms with E-state index >= 15 is 0 Å². The Hall–Kier alpha value is -1.55. The van der Waals surface area contributed by atoms with E-state index in [1.165, 1.54) is 11.1 Å². The molecule has 3 rings (SSSR count). The molecule has 0 spiro atoms. The van der Waals surface area contributed by atoms with Crippen LogP contribution in [-0.4, -0.2) is 43.7 Å². The zero-order valence-electron chi connectivity index (χ0n) is 11.9. The standard InChI is InChI=1S/C16H21NO3/c1-19-14-5-4-12-6-8-17(9-7-13(12)11-14)16(18)15-3-2-10-20-15/h4-5,11,15H,2-3,6-10H2,1H3/t15-/m0/s1. The molecule has 0 bridgehead atoms. The minimum atomic E-state index is -0.203. The Labute approximate surface area is 119 Å². The molecule has 0 aromatic heterocycles. The second-order valence-corrected chi connectivity index (χ2v) is 5.46. The topological polar surface area (TPSA) is 38.8 Å². The second kappa shape index (κ2) is 5.83. The number of methoxy groups -OCH3 is 1. The fourth-order valence-electron chi connectivity index (χ4n) is 3.02. The van der Waals surface area contributed by atoms with Gasteiger partial charge >= 0.3 is 0 Å². The molecule has 0 unspecified atom stereocenters. The first kappa shape index (κ1) is 13.4. The monoisotopic (exact) mass is 275 g/mol. The van der Waals surface area contributed by atoms with Crippen LogP contribution in [0.5, 0.6) is 5.75 Å². The van der Waals surface area contributed by atoms with Crippen molar-refractivity contribution in [1.29, 1.82) is 0 Å². The summed E-state index contributed by atoms with van der Waals surface area (Å²) in [6.45, 7) is 2.29. The molecule has 4 nitrogen and oxygen atoms in total. The maximum atomic E-state index is 12.4. The number of hydrogen-bond acceptors (Lipinski definition) is 3. The van der Waals surface area contributed by atoms with Gasteiger partial charge < -0.3 is 14.4 Å². The number of benzene rings is 1. The van der Waals surface area contributed by atoms with Gasteiger partial charge in [-0.3, -0.25) is 4.79 Å². The van der Waals surface area contributed by atoms with E-state index in [1.54, 1.807) is 7.11 Å². The van der Waals surface area contributed by atoms with Crippen LogP contribution in [0.2, 0.25) is 0 Å². The second-order valence-electron chi connectivity index (χ2n) is 5.46. The molecule has 1 amide bonds. The SMILES string of the molecule is COc1ccc2c(c1)CCN(C(=O)[C@@H]1CCCO1)CC2. The van der Waals surface area contributed by atoms with Crippen LogP contribution in [0.3, 0.4) is 0 Å². The van der Waals surface area contributed by atoms with E-state index in [0.717, 1.165) is 51.1 Å². The molecular formula is C16H21NO3. The third kappa shape index (κ3) is 2.66. The summed E-state index contributed by atoms with van der Waals surface area (Å²) in [6, 6.07) is 6.21. The summed E-state index contributed by atoms with van der Waals surface area (Å²) in [5.74, 6) is 1.06. The highest BCUT2D eigenvalue weighted by molar-refractivity contribution is 5.81. The molecular weight excluding hydrogens is 254 g/mol. The van der Waals surface area contributed by atoms with Crippen molar-refractivity contribution >= 4 is 5.91 Å². The summed E-state index contributed by atoms with van der Waals surface area (Å²) >= 11 is 0. The van der Waals surface area contributed by atoms with Gasteiger partial charge in [-0.05, 0) is 48.9 Å². The van der Waals surface area contributed by atoms with Gasteiger partial charge in [0.25, 0.3) is 5.91 Å². The Morgan fingerprint density at radius 1 is 1.30 bits per heavy atom. The van der Waals surface area contributed by atoms with Crippen molar-refractivity contribution in [3.05, 3.63) is 29.3 Å². The fraction of sp³-hybridized carbons (Fsp3) is 0.562. The van der Waals surface area contributed by atoms with Crippen molar-refractivity contribution in [2.75, 3.05) is 26.8 Å². The lowest BCUT2D eigenvalue weighted by molar-refractivity contribution is -0.140. The molecule has 2 aliphatic heterocycles. The number of amides is 1. The molecule has 4 heteroatoms. The van der Waals surface area contributed by atoms with E-state index in [2.05, 4.69) is 12.1 Å². The van der Waals surface area contributed by atoms with Gasteiger partial charge in [-0.2, -0.15) is 0 Å². The summed E-state index contributed by atoms with van der Waals surface area (Å²) in [4.78, 5) is 14.4. The third-order valence-electron chi connectivity index (χ3n) is 4.23. The van der Waals surface area contributed by atoms with Crippen LogP contribution in [0.4, 0.5) is 0 Å². The molecule has 0 saturated carbocycles. The third-order valence-corrected chi connectivity index (χ3v) is 4.23. The number of nitrogens with zero attached hydrogens (tertiary/aromatic N) is 1. The van der Waals surface area contributed by atoms with Crippen LogP contribution in [0.25, 0.3) is 0 Å². The van der Waals surface area contributed by atoms with Gasteiger partial charge in [0, 0.05) is 19.7 Å². The quantitative estimate of drug-likeness (QED) is 0.826. The molecule has 0 aliphatic carbocycles. The van der Waals surface area contributed by atoms with E-state index in [9.17, 15) is 4.79 Å². The largest absolute Gasteiger partial charge is 0.497 e. The van der Waals surface area contributed by atoms with Crippen molar-refractivity contribution in [2.24, 2.45) is 0 Å². The fourth-order valence-corrected chi connectivity index (χ4v) is 3.02. The average Bonchev–Trinajstić information content (AvgIpc) is 2.93. The van der Waals surface area contributed by atoms with Crippen molar-refractivity contribution in [1.82, 2.24) is 4.90 Å². The zero-order valence-corrected chi connectivity index (χ0v) is 11.9. The van der Waals surface area contributed by atoms with Crippen LogP contribution in [0.1, 0.15) is 24.0 Å². The highest BCUT2D eigenvalue weighted by atomic mass is 16.5. The summed E-state index contributed by atoms with van der Waals surface area (Å²) in [5.41, 5.74) is 2.63. The summed E-state index contributed by atoms with van der Waals surface area (Å²) < 4.78 is 10.8. The molecule has 0 N–H and O–H groups in total. The molecule has 0 radical (unpaired) electrons. The smallest absolute Gasteiger partial charge is 0.251 e. The van der Waals surface area contributed by atoms with Gasteiger partial charge in [-0.25, -0.2) is 0 Å². The number of fused-ring (bicyclic) bond motifs is 1. The first-order chi connectivity index (χ1) is 9.78. The molecule has 1 saturated heterocycles. The summed E-state index contributed by atoms with van der Waals surface area (Å²) in [5, 5.41) is 0. The highest BCUT2D eigenvalue weighted by Crippen LogP contribution is 2.23. The number of hydrogen-bond donors (Lipinski definition) is 0. The van der Waals surface area contributed by atoms with Crippen LogP contribution < -0.4 is 4.74 Å². The molecule has 1 aromatic rings. The van der Waals surface area contributed by atoms with Gasteiger partial charge in [-0.15, -0.1) is 0 Å². The number of carbonyl (C=O) groups excluding carboxylic acids is 1. The van der Waals surface area contributed by atoms with Crippen LogP contribution in [0.15, 0.2) is 18.2 Å². The molecule has 1 fully saturated rings. The average molecular weight is 275 g/mol. The molecule has 1 aromatic carbocycles. The van der Waals surface area contributed by atoms with Crippen molar-refractivity contribution in [3.8, 4) is 5.75 Å². The van der Waals surface area contributed by atoms with Crippen LogP contribution >= 0.6 is 0 Å². The molecule has 2 aliphatic rings. The lowest BCUT2D eigenvalue weighted by atomic mass is 10.0. The summed E-state index contributed by atoms with van der Waals surface area (Å²) in [6.07, 6.45) is 3.48. The lowest BCUT2D eigenvalue weighted by Gasteiger charge is -2.23. The normalized spacial score (nSPS) is 22.2. The van der Waals surface area contributed by atoms with E-state index in [1.807, 2.05) is 11.0 Å². The van der Waals surface area contributed by atoms with Crippen molar-refractivity contribution < 1.29 is 14.3 Å². The first-order valence-corrected chi connectivity index (χ1v) is 7.34. The predicted octanol–water partition coefficient (Wildman–Crippen LogP) is 1.80. The minimum Gasteiger partial charge on any atom is -0.497 e. The van der Waals surface area contributed by atoms with Gasteiger partial charge in [0.05, 0.1) is 7.11 Å². The zero-order chi connectivity index (χ0) is 13.9. The number of carbonyl (C=O) groups is 1. The lowest BCUT2D eigenvalue weighted by Crippen LogP contribution is -2.40. The van der Waals surface area contributed by atoms with Crippen LogP contribution in [-0.2, 0) is 22.4 Å². The van der Waals surface area contributed by atoms with E-state index in [0.29, 0.717) is 0 Å².